The number of H-pyrrole nitrogens is 2. The van der Waals surface area contributed by atoms with Crippen LogP contribution in [0.2, 0.25) is 0 Å². The second-order valence-corrected chi connectivity index (χ2v) is 12.2. The summed E-state index contributed by atoms with van der Waals surface area (Å²) < 4.78 is 76.8. The Kier molecular flexibility index (Phi) is 9.11. The molecule has 2 unspecified atom stereocenters. The number of ether oxygens (including phenoxy) is 2. The third kappa shape index (κ3) is 7.61. The van der Waals surface area contributed by atoms with E-state index < -0.39 is 35.5 Å². The fourth-order valence-electron chi connectivity index (χ4n) is 6.03. The lowest BCUT2D eigenvalue weighted by Crippen LogP contribution is -2.05. The molecule has 8 bridgehead atoms. The SMILES string of the molecule is [2H]c1c(C(C)OCCc2ccc(F)cc2F)c2cc3cc(C(C)OCCc4ccc(F)cc4F)c(cc4nc(cc5nc(cc1[nH]2)C=C5)C=C4)[nH]3. The molecule has 0 fully saturated rings. The number of fused-ring (bicyclic) bond motifs is 8. The van der Waals surface area contributed by atoms with Crippen LogP contribution in [0.1, 0.15) is 72.5 Å². The van der Waals surface area contributed by atoms with E-state index in [2.05, 4.69) is 9.97 Å². The number of hydrogen-bond donors (Lipinski definition) is 2. The van der Waals surface area contributed by atoms with Crippen molar-refractivity contribution in [2.75, 3.05) is 13.2 Å². The van der Waals surface area contributed by atoms with Gasteiger partial charge in [-0.2, -0.15) is 0 Å². The molecule has 7 rings (SSSR count). The van der Waals surface area contributed by atoms with Crippen LogP contribution >= 0.6 is 0 Å². The van der Waals surface area contributed by atoms with Crippen LogP contribution in [-0.2, 0) is 22.3 Å². The van der Waals surface area contributed by atoms with Gasteiger partial charge in [-0.25, -0.2) is 27.5 Å². The molecule has 2 atom stereocenters. The minimum atomic E-state index is -0.642. The third-order valence-corrected chi connectivity index (χ3v) is 8.63. The van der Waals surface area contributed by atoms with Crippen molar-refractivity contribution >= 4 is 46.4 Å². The standard InChI is InChI=1S/C40H34F4N4O2/c1-23(49-13-11-25-3-5-27(41)15-37(25)43)35-19-33-18-31-8-7-29(45-31)17-30-9-10-32(46-30)21-39-36(20-34(48-39)22-40(35)47-33)24(2)50-14-12-26-4-6-28(42)16-38(26)44/h3-10,15-24,47-48H,11-14H2,1-2H3/i19D. The maximum absolute atomic E-state index is 14.3. The highest BCUT2D eigenvalue weighted by Gasteiger charge is 2.16. The number of halogens is 4. The number of rotatable bonds is 10. The average molecular weight is 680 g/mol. The lowest BCUT2D eigenvalue weighted by atomic mass is 10.1. The second-order valence-electron chi connectivity index (χ2n) is 12.2. The molecule has 10 heteroatoms. The van der Waals surface area contributed by atoms with Crippen LogP contribution < -0.4 is 0 Å². The van der Waals surface area contributed by atoms with Crippen LogP contribution in [0.25, 0.3) is 46.4 Å². The Morgan fingerprint density at radius 2 is 1.10 bits per heavy atom. The summed E-state index contributed by atoms with van der Waals surface area (Å²) in [5, 5.41) is 0. The normalized spacial score (nSPS) is 13.8. The zero-order valence-electron chi connectivity index (χ0n) is 28.4. The first kappa shape index (κ1) is 31.9. The summed E-state index contributed by atoms with van der Waals surface area (Å²) in [6.45, 7) is 4.08. The van der Waals surface area contributed by atoms with Gasteiger partial charge in [-0.05, 0) is 111 Å². The minimum Gasteiger partial charge on any atom is -0.373 e. The maximum Gasteiger partial charge on any atom is 0.129 e. The van der Waals surface area contributed by atoms with E-state index in [1.54, 1.807) is 6.07 Å². The molecule has 0 radical (unpaired) electrons. The van der Waals surface area contributed by atoms with Crippen molar-refractivity contribution in [2.45, 2.75) is 38.9 Å². The van der Waals surface area contributed by atoms with Gasteiger partial charge in [0.15, 0.2) is 0 Å². The van der Waals surface area contributed by atoms with E-state index >= 15 is 0 Å². The zero-order chi connectivity index (χ0) is 35.6. The van der Waals surface area contributed by atoms with Gasteiger partial charge in [-0.3, -0.25) is 0 Å². The van der Waals surface area contributed by atoms with E-state index in [0.717, 1.165) is 40.3 Å². The van der Waals surface area contributed by atoms with E-state index in [0.29, 0.717) is 38.9 Å². The fourth-order valence-corrected chi connectivity index (χ4v) is 6.03. The molecule has 0 saturated carbocycles. The molecule has 5 heterocycles. The van der Waals surface area contributed by atoms with Crippen molar-refractivity contribution in [2.24, 2.45) is 0 Å². The summed E-state index contributed by atoms with van der Waals surface area (Å²) in [7, 11) is 0. The van der Waals surface area contributed by atoms with E-state index in [-0.39, 0.29) is 32.1 Å². The van der Waals surface area contributed by atoms with Gasteiger partial charge in [0.05, 0.1) is 49.6 Å². The molecule has 0 saturated heterocycles. The molecule has 2 aromatic carbocycles. The first-order valence-corrected chi connectivity index (χ1v) is 16.3. The van der Waals surface area contributed by atoms with Gasteiger partial charge < -0.3 is 19.4 Å². The van der Waals surface area contributed by atoms with Crippen molar-refractivity contribution in [3.05, 3.63) is 141 Å². The zero-order valence-corrected chi connectivity index (χ0v) is 27.4. The first-order chi connectivity index (χ1) is 24.6. The van der Waals surface area contributed by atoms with Crippen molar-refractivity contribution in [1.29, 1.82) is 0 Å². The van der Waals surface area contributed by atoms with Gasteiger partial charge in [0.1, 0.15) is 23.3 Å². The summed E-state index contributed by atoms with van der Waals surface area (Å²) in [5.41, 5.74) is 7.60. The molecule has 5 aromatic rings. The summed E-state index contributed by atoms with van der Waals surface area (Å²) in [4.78, 5) is 16.3. The largest absolute Gasteiger partial charge is 0.373 e. The molecule has 6 nitrogen and oxygen atoms in total. The first-order valence-electron chi connectivity index (χ1n) is 16.8. The molecule has 0 amide bonds. The number of hydrogen-bond acceptors (Lipinski definition) is 4. The topological polar surface area (TPSA) is 75.8 Å². The molecule has 2 aliphatic heterocycles. The number of aromatic nitrogens is 4. The minimum absolute atomic E-state index is 0.146. The van der Waals surface area contributed by atoms with Crippen LogP contribution in [0.3, 0.4) is 0 Å². The van der Waals surface area contributed by atoms with Gasteiger partial charge in [-0.1, -0.05) is 12.1 Å². The van der Waals surface area contributed by atoms with Crippen LogP contribution in [0, 0.1) is 23.3 Å². The van der Waals surface area contributed by atoms with Crippen molar-refractivity contribution < 1.29 is 28.4 Å². The van der Waals surface area contributed by atoms with Crippen molar-refractivity contribution in [3.8, 4) is 0 Å². The maximum atomic E-state index is 14.3. The molecule has 50 heavy (non-hydrogen) atoms. The second kappa shape index (κ2) is 14.3. The summed E-state index contributed by atoms with van der Waals surface area (Å²) in [5.74, 6) is -2.52. The summed E-state index contributed by atoms with van der Waals surface area (Å²) in [6.07, 6.45) is 7.09. The highest BCUT2D eigenvalue weighted by atomic mass is 19.1. The third-order valence-electron chi connectivity index (χ3n) is 8.63. The molecular weight excluding hydrogens is 644 g/mol. The number of aromatic amines is 2. The average Bonchev–Trinajstić information content (AvgIpc) is 3.87. The predicted molar refractivity (Wildman–Crippen MR) is 188 cm³/mol. The number of benzene rings is 2. The molecular formula is C40H34F4N4O2. The van der Waals surface area contributed by atoms with Gasteiger partial charge in [0, 0.05) is 45.3 Å². The lowest BCUT2D eigenvalue weighted by molar-refractivity contribution is 0.0686. The van der Waals surface area contributed by atoms with E-state index in [1.807, 2.05) is 62.4 Å². The van der Waals surface area contributed by atoms with Crippen LogP contribution in [0.4, 0.5) is 17.6 Å². The smallest absolute Gasteiger partial charge is 0.129 e. The van der Waals surface area contributed by atoms with Crippen LogP contribution in [0.5, 0.6) is 0 Å². The molecule has 0 aliphatic carbocycles. The van der Waals surface area contributed by atoms with E-state index in [1.165, 1.54) is 24.3 Å². The van der Waals surface area contributed by atoms with Crippen molar-refractivity contribution in [3.63, 3.8) is 0 Å². The van der Waals surface area contributed by atoms with Gasteiger partial charge in [-0.15, -0.1) is 0 Å². The Labute approximate surface area is 287 Å². The van der Waals surface area contributed by atoms with Gasteiger partial charge >= 0.3 is 0 Å². The Hall–Kier alpha value is -5.32. The summed E-state index contributed by atoms with van der Waals surface area (Å²) >= 11 is 0. The Morgan fingerprint density at radius 3 is 1.68 bits per heavy atom. The van der Waals surface area contributed by atoms with E-state index in [9.17, 15) is 17.6 Å². The molecule has 2 aliphatic rings. The Morgan fingerprint density at radius 1 is 0.600 bits per heavy atom. The quantitative estimate of drug-likeness (QED) is 0.141. The Bertz CT molecular complexity index is 2350. The molecule has 3 aromatic heterocycles. The van der Waals surface area contributed by atoms with E-state index in [4.69, 9.17) is 20.8 Å². The number of nitrogens with zero attached hydrogens (tertiary/aromatic N) is 2. The molecule has 254 valence electrons. The highest BCUT2D eigenvalue weighted by molar-refractivity contribution is 5.79. The molecule has 2 N–H and O–H groups in total. The summed E-state index contributed by atoms with van der Waals surface area (Å²) in [6, 6.07) is 16.7. The Balaban J connectivity index is 1.27. The van der Waals surface area contributed by atoms with Gasteiger partial charge in [0.2, 0.25) is 0 Å². The fraction of sp³-hybridized carbons (Fsp3) is 0.200. The monoisotopic (exact) mass is 679 g/mol. The van der Waals surface area contributed by atoms with Crippen LogP contribution in [0.15, 0.2) is 72.8 Å². The van der Waals surface area contributed by atoms with Crippen molar-refractivity contribution in [1.82, 2.24) is 19.9 Å². The van der Waals surface area contributed by atoms with Crippen LogP contribution in [-0.4, -0.2) is 33.1 Å². The lowest BCUT2D eigenvalue weighted by Gasteiger charge is -2.13. The molecule has 0 spiro atoms. The van der Waals surface area contributed by atoms with Gasteiger partial charge in [0.25, 0.3) is 0 Å². The predicted octanol–water partition coefficient (Wildman–Crippen LogP) is 9.85. The highest BCUT2D eigenvalue weighted by Crippen LogP contribution is 2.29. The number of nitrogens with one attached hydrogen (secondary N) is 2.